The van der Waals surface area contributed by atoms with E-state index in [2.05, 4.69) is 0 Å². The van der Waals surface area contributed by atoms with Crippen molar-refractivity contribution in [1.82, 2.24) is 0 Å². The number of carbonyl (C=O) groups is 1. The summed E-state index contributed by atoms with van der Waals surface area (Å²) >= 11 is 6.03. The Morgan fingerprint density at radius 2 is 1.55 bits per heavy atom. The minimum absolute atomic E-state index is 0.183. The van der Waals surface area contributed by atoms with Gasteiger partial charge in [0.25, 0.3) is 0 Å². The molecule has 0 N–H and O–H groups in total. The fourth-order valence-corrected chi connectivity index (χ4v) is 3.26. The first-order chi connectivity index (χ1) is 9.68. The molecule has 0 aromatic heterocycles. The van der Waals surface area contributed by atoms with Crippen molar-refractivity contribution in [2.75, 3.05) is 0 Å². The highest BCUT2D eigenvalue weighted by Crippen LogP contribution is 2.17. The highest BCUT2D eigenvalue weighted by molar-refractivity contribution is 7.88. The highest BCUT2D eigenvalue weighted by Gasteiger charge is 2.23. The molecule has 0 aliphatic carbocycles. The highest BCUT2D eigenvalue weighted by atomic mass is 35.5. The Labute approximate surface area is 126 Å². The standard InChI is InChI=1S/C16H15ClO2S/c17-16(20(19)14-9-5-2-6-10-14)15(18)12-11-13-7-3-1-4-8-13/h1-10,16H,11-12H2. The topological polar surface area (TPSA) is 34.1 Å². The average molecular weight is 307 g/mol. The van der Waals surface area contributed by atoms with Crippen LogP contribution in [0.3, 0.4) is 0 Å². The van der Waals surface area contributed by atoms with Crippen LogP contribution in [0, 0.1) is 0 Å². The lowest BCUT2D eigenvalue weighted by Gasteiger charge is -2.08. The monoisotopic (exact) mass is 306 g/mol. The van der Waals surface area contributed by atoms with Crippen LogP contribution >= 0.6 is 11.6 Å². The molecule has 0 spiro atoms. The minimum Gasteiger partial charge on any atom is -0.297 e. The third-order valence-corrected chi connectivity index (χ3v) is 5.02. The lowest BCUT2D eigenvalue weighted by Crippen LogP contribution is -2.20. The Kier molecular flexibility index (Phi) is 5.50. The molecule has 0 amide bonds. The molecule has 0 aliphatic rings. The minimum atomic E-state index is -1.50. The lowest BCUT2D eigenvalue weighted by molar-refractivity contribution is -0.117. The molecule has 2 rings (SSSR count). The van der Waals surface area contributed by atoms with E-state index in [0.717, 1.165) is 5.56 Å². The molecule has 2 nitrogen and oxygen atoms in total. The van der Waals surface area contributed by atoms with Crippen LogP contribution in [-0.2, 0) is 22.0 Å². The van der Waals surface area contributed by atoms with Gasteiger partial charge in [-0.3, -0.25) is 9.00 Å². The fourth-order valence-electron chi connectivity index (χ4n) is 1.82. The average Bonchev–Trinajstić information content (AvgIpc) is 2.53. The zero-order chi connectivity index (χ0) is 14.4. The van der Waals surface area contributed by atoms with Gasteiger partial charge < -0.3 is 0 Å². The molecular formula is C16H15ClO2S. The summed E-state index contributed by atoms with van der Waals surface area (Å²) in [4.78, 5) is 12.6. The number of Topliss-reactive ketones (excluding diaryl/α,β-unsaturated/α-hetero) is 1. The van der Waals surface area contributed by atoms with Crippen molar-refractivity contribution in [2.45, 2.75) is 22.4 Å². The molecule has 2 aromatic carbocycles. The van der Waals surface area contributed by atoms with Crippen molar-refractivity contribution in [1.29, 1.82) is 0 Å². The van der Waals surface area contributed by atoms with Crippen LogP contribution in [0.15, 0.2) is 65.6 Å². The first kappa shape index (κ1) is 14.9. The first-order valence-corrected chi connectivity index (χ1v) is 8.00. The van der Waals surface area contributed by atoms with Gasteiger partial charge in [-0.15, -0.1) is 0 Å². The predicted molar refractivity (Wildman–Crippen MR) is 82.3 cm³/mol. The number of ketones is 1. The molecule has 2 atom stereocenters. The predicted octanol–water partition coefficient (Wildman–Crippen LogP) is 3.56. The van der Waals surface area contributed by atoms with Gasteiger partial charge in [-0.25, -0.2) is 0 Å². The summed E-state index contributed by atoms with van der Waals surface area (Å²) in [5.41, 5.74) is 1.08. The maximum atomic E-state index is 12.2. The van der Waals surface area contributed by atoms with E-state index in [1.165, 1.54) is 0 Å². The normalized spacial score (nSPS) is 13.7. The van der Waals surface area contributed by atoms with Gasteiger partial charge in [-0.1, -0.05) is 60.1 Å². The summed E-state index contributed by atoms with van der Waals surface area (Å²) in [6.07, 6.45) is 0.922. The molecule has 0 radical (unpaired) electrons. The summed E-state index contributed by atoms with van der Waals surface area (Å²) < 4.78 is 11.2. The maximum Gasteiger partial charge on any atom is 0.171 e. The largest absolute Gasteiger partial charge is 0.297 e. The summed E-state index contributed by atoms with van der Waals surface area (Å²) in [6.45, 7) is 0. The van der Waals surface area contributed by atoms with Gasteiger partial charge >= 0.3 is 0 Å². The van der Waals surface area contributed by atoms with Gasteiger partial charge in [0.1, 0.15) is 0 Å². The quantitative estimate of drug-likeness (QED) is 0.765. The summed E-state index contributed by atoms with van der Waals surface area (Å²) in [5, 5.41) is 0. The Morgan fingerprint density at radius 3 is 2.15 bits per heavy atom. The first-order valence-electron chi connectivity index (χ1n) is 6.35. The lowest BCUT2D eigenvalue weighted by atomic mass is 10.1. The summed E-state index contributed by atoms with van der Waals surface area (Å²) in [6, 6.07) is 18.6. The van der Waals surface area contributed by atoms with Crippen molar-refractivity contribution in [3.05, 3.63) is 66.2 Å². The Bertz CT molecular complexity index is 584. The Hall–Kier alpha value is -1.45. The molecule has 0 fully saturated rings. The summed E-state index contributed by atoms with van der Waals surface area (Å²) in [5.74, 6) is -0.183. The van der Waals surface area contributed by atoms with Gasteiger partial charge in [0, 0.05) is 11.3 Å². The molecule has 0 saturated heterocycles. The second-order valence-corrected chi connectivity index (χ2v) is 6.61. The molecule has 20 heavy (non-hydrogen) atoms. The van der Waals surface area contributed by atoms with Crippen LogP contribution in [0.25, 0.3) is 0 Å². The van der Waals surface area contributed by atoms with E-state index >= 15 is 0 Å². The van der Waals surface area contributed by atoms with Crippen LogP contribution in [0.2, 0.25) is 0 Å². The van der Waals surface area contributed by atoms with Crippen molar-refractivity contribution >= 4 is 28.2 Å². The zero-order valence-corrected chi connectivity index (χ0v) is 12.4. The molecule has 2 unspecified atom stereocenters. The molecule has 2 aromatic rings. The second kappa shape index (κ2) is 7.36. The van der Waals surface area contributed by atoms with Crippen LogP contribution in [0.1, 0.15) is 12.0 Å². The van der Waals surface area contributed by atoms with Gasteiger partial charge in [0.15, 0.2) is 10.5 Å². The Balaban J connectivity index is 1.94. The van der Waals surface area contributed by atoms with Crippen molar-refractivity contribution in [2.24, 2.45) is 0 Å². The maximum absolute atomic E-state index is 12.2. The van der Waals surface area contributed by atoms with Gasteiger partial charge in [0.05, 0.1) is 10.8 Å². The number of hydrogen-bond donors (Lipinski definition) is 0. The fraction of sp³-hybridized carbons (Fsp3) is 0.188. The van der Waals surface area contributed by atoms with Gasteiger partial charge in [-0.2, -0.15) is 0 Å². The molecule has 0 saturated carbocycles. The molecule has 4 heteroatoms. The molecule has 0 heterocycles. The van der Waals surface area contributed by atoms with E-state index in [4.69, 9.17) is 11.6 Å². The van der Waals surface area contributed by atoms with Crippen molar-refractivity contribution in [3.63, 3.8) is 0 Å². The SMILES string of the molecule is O=C(CCc1ccccc1)C(Cl)S(=O)c1ccccc1. The van der Waals surface area contributed by atoms with Crippen molar-refractivity contribution in [3.8, 4) is 0 Å². The summed E-state index contributed by atoms with van der Waals surface area (Å²) in [7, 11) is -1.50. The molecule has 0 aliphatic heterocycles. The smallest absolute Gasteiger partial charge is 0.171 e. The van der Waals surface area contributed by atoms with E-state index in [1.54, 1.807) is 24.3 Å². The van der Waals surface area contributed by atoms with Crippen LogP contribution < -0.4 is 0 Å². The number of benzene rings is 2. The van der Waals surface area contributed by atoms with E-state index < -0.39 is 15.5 Å². The van der Waals surface area contributed by atoms with E-state index in [1.807, 2.05) is 36.4 Å². The molecule has 104 valence electrons. The van der Waals surface area contributed by atoms with E-state index in [9.17, 15) is 9.00 Å². The number of alkyl halides is 1. The van der Waals surface area contributed by atoms with Gasteiger partial charge in [-0.05, 0) is 24.1 Å². The Morgan fingerprint density at radius 1 is 1.00 bits per heavy atom. The van der Waals surface area contributed by atoms with Crippen molar-refractivity contribution < 1.29 is 9.00 Å². The number of aryl methyl sites for hydroxylation is 1. The third kappa shape index (κ3) is 4.02. The van der Waals surface area contributed by atoms with E-state index in [0.29, 0.717) is 17.7 Å². The number of carbonyl (C=O) groups excluding carboxylic acids is 1. The molecule has 0 bridgehead atoms. The van der Waals surface area contributed by atoms with Crippen LogP contribution in [0.4, 0.5) is 0 Å². The van der Waals surface area contributed by atoms with Crippen LogP contribution in [0.5, 0.6) is 0 Å². The van der Waals surface area contributed by atoms with Gasteiger partial charge in [0.2, 0.25) is 0 Å². The van der Waals surface area contributed by atoms with E-state index in [-0.39, 0.29) is 5.78 Å². The number of hydrogen-bond acceptors (Lipinski definition) is 2. The molecular weight excluding hydrogens is 292 g/mol. The third-order valence-electron chi connectivity index (χ3n) is 2.92. The van der Waals surface area contributed by atoms with Crippen LogP contribution in [-0.4, -0.2) is 14.7 Å². The number of halogens is 1. The second-order valence-electron chi connectivity index (χ2n) is 4.38. The zero-order valence-electron chi connectivity index (χ0n) is 10.9. The number of rotatable bonds is 6.